The Morgan fingerprint density at radius 3 is 1.38 bits per heavy atom. The van der Waals surface area contributed by atoms with Crippen molar-refractivity contribution in [2.45, 2.75) is 39.0 Å². The van der Waals surface area contributed by atoms with Crippen LogP contribution in [0.3, 0.4) is 0 Å². The molecule has 0 bridgehead atoms. The van der Waals surface area contributed by atoms with E-state index in [2.05, 4.69) is 13.5 Å². The van der Waals surface area contributed by atoms with Crippen molar-refractivity contribution in [3.8, 4) is 0 Å². The first-order valence-electron chi connectivity index (χ1n) is 4.70. The van der Waals surface area contributed by atoms with E-state index < -0.39 is 19.0 Å². The summed E-state index contributed by atoms with van der Waals surface area (Å²) in [7, 11) is -2.05. The number of rotatable bonds is 2. The number of hydrogen-bond donors (Lipinski definition) is 0. The van der Waals surface area contributed by atoms with Gasteiger partial charge in [0, 0.05) is 11.3 Å². The summed E-state index contributed by atoms with van der Waals surface area (Å²) in [5.74, 6) is -5.50. The number of nitrogens with zero attached hydrogens (tertiary/aromatic N) is 3. The van der Waals surface area contributed by atoms with Gasteiger partial charge in [-0.3, -0.25) is 0 Å². The largest absolute Gasteiger partial charge is 0.255 e. The summed E-state index contributed by atoms with van der Waals surface area (Å²) < 4.78 is 13.0. The molecule has 10 heteroatoms. The highest BCUT2D eigenvalue weighted by Gasteiger charge is 2.37. The summed E-state index contributed by atoms with van der Waals surface area (Å²) in [6, 6.07) is 0. The summed E-state index contributed by atoms with van der Waals surface area (Å²) in [6.45, 7) is 8.20. The van der Waals surface area contributed by atoms with Crippen LogP contribution in [0.5, 0.6) is 0 Å². The molecule has 1 heterocycles. The molecule has 96 valence electrons. The average molecular weight is 363 g/mol. The SMILES string of the molecule is CC(C)P1(C(C)C)=NP(Cl)(Cl)=NP(Cl)(Cl)=N1. The maximum absolute atomic E-state index is 6.10. The third-order valence-electron chi connectivity index (χ3n) is 2.24. The Hall–Kier alpha value is 1.85. The molecule has 0 aromatic rings. The fourth-order valence-electron chi connectivity index (χ4n) is 1.54. The summed E-state index contributed by atoms with van der Waals surface area (Å²) in [6.07, 6.45) is 0. The van der Waals surface area contributed by atoms with Crippen LogP contribution in [-0.4, -0.2) is 11.3 Å². The van der Waals surface area contributed by atoms with Crippen LogP contribution in [0, 0.1) is 0 Å². The fraction of sp³-hybridized carbons (Fsp3) is 1.00. The molecule has 3 nitrogen and oxygen atoms in total. The van der Waals surface area contributed by atoms with E-state index in [9.17, 15) is 0 Å². The third kappa shape index (κ3) is 3.45. The second kappa shape index (κ2) is 5.09. The molecule has 0 unspecified atom stereocenters. The van der Waals surface area contributed by atoms with Gasteiger partial charge in [-0.25, -0.2) is 9.03 Å². The predicted octanol–water partition coefficient (Wildman–Crippen LogP) is 7.78. The Morgan fingerprint density at radius 1 is 0.688 bits per heavy atom. The third-order valence-corrected chi connectivity index (χ3v) is 15.9. The van der Waals surface area contributed by atoms with Crippen LogP contribution in [0.2, 0.25) is 0 Å². The normalized spacial score (nSPS) is 25.9. The van der Waals surface area contributed by atoms with Gasteiger partial charge in [0.05, 0.1) is 7.21 Å². The van der Waals surface area contributed by atoms with Gasteiger partial charge in [0.15, 0.2) is 0 Å². The first-order chi connectivity index (χ1) is 7.01. The molecule has 0 aromatic carbocycles. The van der Waals surface area contributed by atoms with Gasteiger partial charge in [0.1, 0.15) is 0 Å². The van der Waals surface area contributed by atoms with Crippen LogP contribution in [0.25, 0.3) is 0 Å². The van der Waals surface area contributed by atoms with Crippen LogP contribution in [0.15, 0.2) is 13.5 Å². The van der Waals surface area contributed by atoms with Gasteiger partial charge in [-0.1, -0.05) is 27.7 Å². The van der Waals surface area contributed by atoms with Crippen LogP contribution in [-0.2, 0) is 0 Å². The monoisotopic (exact) mass is 361 g/mol. The van der Waals surface area contributed by atoms with E-state index in [1.165, 1.54) is 0 Å². The summed E-state index contributed by atoms with van der Waals surface area (Å²) in [5.41, 5.74) is 0.466. The van der Waals surface area contributed by atoms with Gasteiger partial charge in [-0.15, -0.1) is 0 Å². The second-order valence-corrected chi connectivity index (χ2v) is 18.2. The maximum atomic E-state index is 6.10. The molecular weight excluding hydrogens is 349 g/mol. The quantitative estimate of drug-likeness (QED) is 0.449. The Morgan fingerprint density at radius 2 is 1.06 bits per heavy atom. The highest BCUT2D eigenvalue weighted by atomic mass is 35.9. The molecule has 1 rings (SSSR count). The zero-order chi connectivity index (χ0) is 12.8. The molecule has 0 atom stereocenters. The molecule has 0 saturated carbocycles. The van der Waals surface area contributed by atoms with E-state index >= 15 is 0 Å². The van der Waals surface area contributed by atoms with Crippen molar-refractivity contribution in [1.82, 2.24) is 0 Å². The summed E-state index contributed by atoms with van der Waals surface area (Å²) in [5, 5.41) is 0. The molecule has 16 heavy (non-hydrogen) atoms. The van der Waals surface area contributed by atoms with E-state index in [1.807, 2.05) is 27.7 Å². The highest BCUT2D eigenvalue weighted by Crippen LogP contribution is 2.86. The van der Waals surface area contributed by atoms with E-state index in [1.54, 1.807) is 0 Å². The topological polar surface area (TPSA) is 37.1 Å². The second-order valence-electron chi connectivity index (χ2n) is 4.07. The van der Waals surface area contributed by atoms with Crippen molar-refractivity contribution in [3.05, 3.63) is 0 Å². The Balaban J connectivity index is 3.63. The Bertz CT molecular complexity index is 424. The van der Waals surface area contributed by atoms with Crippen molar-refractivity contribution in [2.75, 3.05) is 0 Å². The Kier molecular flexibility index (Phi) is 5.06. The fourth-order valence-corrected chi connectivity index (χ4v) is 19.9. The molecular formula is C6H14Cl4N3P3. The van der Waals surface area contributed by atoms with Crippen molar-refractivity contribution in [2.24, 2.45) is 13.5 Å². The van der Waals surface area contributed by atoms with Crippen LogP contribution >= 0.6 is 64.0 Å². The van der Waals surface area contributed by atoms with Crippen LogP contribution in [0.1, 0.15) is 27.7 Å². The zero-order valence-corrected chi connectivity index (χ0v) is 15.1. The predicted molar refractivity (Wildman–Crippen MR) is 81.7 cm³/mol. The molecule has 0 saturated heterocycles. The average Bonchev–Trinajstić information content (AvgIpc) is 1.96. The van der Waals surface area contributed by atoms with Gasteiger partial charge in [0.25, 0.3) is 11.8 Å². The summed E-state index contributed by atoms with van der Waals surface area (Å²) >= 11 is 24.4. The van der Waals surface area contributed by atoms with E-state index in [0.29, 0.717) is 0 Å². The minimum atomic E-state index is -2.75. The lowest BCUT2D eigenvalue weighted by Crippen LogP contribution is -2.06. The van der Waals surface area contributed by atoms with Gasteiger partial charge in [-0.05, 0) is 45.0 Å². The molecule has 0 aromatic heterocycles. The smallest absolute Gasteiger partial charge is 0.213 e. The van der Waals surface area contributed by atoms with Crippen LogP contribution < -0.4 is 0 Å². The number of hydrogen-bond acceptors (Lipinski definition) is 3. The minimum absolute atomic E-state index is 0.233. The Labute approximate surface area is 116 Å². The van der Waals surface area contributed by atoms with Crippen molar-refractivity contribution in [3.63, 3.8) is 0 Å². The van der Waals surface area contributed by atoms with Gasteiger partial charge in [0.2, 0.25) is 0 Å². The van der Waals surface area contributed by atoms with Crippen LogP contribution in [0.4, 0.5) is 0 Å². The molecule has 0 radical (unpaired) electrons. The molecule has 1 aliphatic rings. The van der Waals surface area contributed by atoms with E-state index in [-0.39, 0.29) is 11.3 Å². The lowest BCUT2D eigenvalue weighted by atomic mass is 10.5. The molecule has 0 spiro atoms. The van der Waals surface area contributed by atoms with Crippen molar-refractivity contribution >= 4 is 64.0 Å². The van der Waals surface area contributed by atoms with E-state index in [0.717, 1.165) is 0 Å². The lowest BCUT2D eigenvalue weighted by molar-refractivity contribution is 0.991. The first kappa shape index (κ1) is 15.9. The zero-order valence-electron chi connectivity index (χ0n) is 9.35. The molecule has 0 aliphatic carbocycles. The number of halogens is 4. The highest BCUT2D eigenvalue weighted by molar-refractivity contribution is 8.21. The molecule has 1 aliphatic heterocycles. The van der Waals surface area contributed by atoms with Gasteiger partial charge in [-0.2, -0.15) is 4.52 Å². The van der Waals surface area contributed by atoms with E-state index in [4.69, 9.17) is 45.0 Å². The van der Waals surface area contributed by atoms with Crippen molar-refractivity contribution < 1.29 is 0 Å². The standard InChI is InChI=1S/C6H14Cl4N3P3/c1-5(2)14(6(3)4)11-15(7,8)13-16(9,10)12-14/h5-6H,1-4H3. The molecule has 0 N–H and O–H groups in total. The molecule has 0 amide bonds. The maximum Gasteiger partial charge on any atom is 0.255 e. The minimum Gasteiger partial charge on any atom is -0.213 e. The van der Waals surface area contributed by atoms with Crippen molar-refractivity contribution in [1.29, 1.82) is 0 Å². The lowest BCUT2D eigenvalue weighted by Gasteiger charge is -2.33. The molecule has 0 fully saturated rings. The van der Waals surface area contributed by atoms with Gasteiger partial charge < -0.3 is 0 Å². The first-order valence-corrected chi connectivity index (χ1v) is 13.5. The van der Waals surface area contributed by atoms with Gasteiger partial charge >= 0.3 is 0 Å². The summed E-state index contributed by atoms with van der Waals surface area (Å²) in [4.78, 5) is 0.